The Bertz CT molecular complexity index is 267. The van der Waals surface area contributed by atoms with E-state index in [9.17, 15) is 5.11 Å². The number of aliphatic hydroxyl groups excluding tert-OH is 1. The van der Waals surface area contributed by atoms with E-state index in [1.807, 2.05) is 13.2 Å². The van der Waals surface area contributed by atoms with Crippen molar-refractivity contribution >= 4 is 0 Å². The monoisotopic (exact) mass is 167 g/mol. The number of aromatic nitrogens is 2. The zero-order valence-corrected chi connectivity index (χ0v) is 7.07. The largest absolute Gasteiger partial charge is 0.388 e. The van der Waals surface area contributed by atoms with Crippen LogP contribution in [0, 0.1) is 5.92 Å². The van der Waals surface area contributed by atoms with E-state index in [0.29, 0.717) is 5.92 Å². The number of nitrogens with one attached hydrogen (secondary N) is 1. The van der Waals surface area contributed by atoms with E-state index in [0.717, 1.165) is 18.7 Å². The smallest absolute Gasteiger partial charge is 0.0872 e. The van der Waals surface area contributed by atoms with Gasteiger partial charge in [0.15, 0.2) is 0 Å². The van der Waals surface area contributed by atoms with Gasteiger partial charge in [-0.25, -0.2) is 0 Å². The first-order valence-electron chi connectivity index (χ1n) is 4.14. The van der Waals surface area contributed by atoms with Gasteiger partial charge in [0.25, 0.3) is 0 Å². The lowest BCUT2D eigenvalue weighted by atomic mass is 9.93. The van der Waals surface area contributed by atoms with Crippen LogP contribution in [0.5, 0.6) is 0 Å². The molecule has 0 spiro atoms. The molecule has 1 aromatic heterocycles. The fourth-order valence-corrected chi connectivity index (χ4v) is 1.40. The third-order valence-corrected chi connectivity index (χ3v) is 2.33. The van der Waals surface area contributed by atoms with Crippen molar-refractivity contribution in [2.24, 2.45) is 13.0 Å². The second-order valence-corrected chi connectivity index (χ2v) is 3.31. The molecule has 0 amide bonds. The van der Waals surface area contributed by atoms with Gasteiger partial charge in [-0.3, -0.25) is 4.68 Å². The molecule has 1 saturated heterocycles. The van der Waals surface area contributed by atoms with E-state index in [2.05, 4.69) is 10.4 Å². The molecule has 0 aliphatic carbocycles. The number of hydrogen-bond acceptors (Lipinski definition) is 3. The third-order valence-electron chi connectivity index (χ3n) is 2.33. The van der Waals surface area contributed by atoms with Gasteiger partial charge < -0.3 is 10.4 Å². The average Bonchev–Trinajstić information content (AvgIpc) is 2.31. The maximum atomic E-state index is 9.76. The molecule has 0 radical (unpaired) electrons. The van der Waals surface area contributed by atoms with Crippen LogP contribution in [0.15, 0.2) is 12.4 Å². The highest BCUT2D eigenvalue weighted by Crippen LogP contribution is 2.23. The first-order chi connectivity index (χ1) is 5.77. The summed E-state index contributed by atoms with van der Waals surface area (Å²) in [6.07, 6.45) is 3.24. The molecule has 1 aromatic rings. The fourth-order valence-electron chi connectivity index (χ4n) is 1.40. The number of rotatable bonds is 2. The van der Waals surface area contributed by atoms with Crippen molar-refractivity contribution in [3.8, 4) is 0 Å². The van der Waals surface area contributed by atoms with Crippen LogP contribution >= 0.6 is 0 Å². The summed E-state index contributed by atoms with van der Waals surface area (Å²) in [5, 5.41) is 16.9. The SMILES string of the molecule is Cn1cc(C(O)C2CNC2)cn1. The molecule has 0 saturated carbocycles. The van der Waals surface area contributed by atoms with E-state index < -0.39 is 0 Å². The van der Waals surface area contributed by atoms with Crippen LogP contribution in [0.4, 0.5) is 0 Å². The topological polar surface area (TPSA) is 50.1 Å². The average molecular weight is 167 g/mol. The Labute approximate surface area is 71.2 Å². The fraction of sp³-hybridized carbons (Fsp3) is 0.625. The van der Waals surface area contributed by atoms with Crippen molar-refractivity contribution in [3.63, 3.8) is 0 Å². The van der Waals surface area contributed by atoms with E-state index in [-0.39, 0.29) is 6.10 Å². The molecule has 1 atom stereocenters. The molecular formula is C8H13N3O. The molecule has 1 aliphatic heterocycles. The summed E-state index contributed by atoms with van der Waals surface area (Å²) in [4.78, 5) is 0. The van der Waals surface area contributed by atoms with Crippen LogP contribution in [0.1, 0.15) is 11.7 Å². The van der Waals surface area contributed by atoms with Gasteiger partial charge in [-0.2, -0.15) is 5.10 Å². The first-order valence-corrected chi connectivity index (χ1v) is 4.14. The minimum atomic E-state index is -0.347. The summed E-state index contributed by atoms with van der Waals surface area (Å²) in [5.41, 5.74) is 0.920. The normalized spacial score (nSPS) is 20.5. The van der Waals surface area contributed by atoms with Gasteiger partial charge in [-0.1, -0.05) is 0 Å². The minimum Gasteiger partial charge on any atom is -0.388 e. The van der Waals surface area contributed by atoms with Gasteiger partial charge in [0.05, 0.1) is 12.3 Å². The summed E-state index contributed by atoms with van der Waals surface area (Å²) >= 11 is 0. The van der Waals surface area contributed by atoms with Crippen LogP contribution in [-0.4, -0.2) is 28.0 Å². The standard InChI is InChI=1S/C8H13N3O/c1-11-5-7(4-10-11)8(12)6-2-9-3-6/h4-6,8-9,12H,2-3H2,1H3. The molecule has 0 aromatic carbocycles. The van der Waals surface area contributed by atoms with E-state index in [1.165, 1.54) is 0 Å². The Morgan fingerprint density at radius 1 is 1.75 bits per heavy atom. The van der Waals surface area contributed by atoms with Gasteiger partial charge in [0, 0.05) is 37.8 Å². The Morgan fingerprint density at radius 2 is 2.50 bits per heavy atom. The van der Waals surface area contributed by atoms with Crippen molar-refractivity contribution in [2.75, 3.05) is 13.1 Å². The molecule has 66 valence electrons. The molecule has 4 heteroatoms. The number of nitrogens with zero attached hydrogens (tertiary/aromatic N) is 2. The Hall–Kier alpha value is -0.870. The first kappa shape index (κ1) is 7.76. The molecule has 12 heavy (non-hydrogen) atoms. The Kier molecular flexibility index (Phi) is 1.86. The van der Waals surface area contributed by atoms with E-state index >= 15 is 0 Å². The van der Waals surface area contributed by atoms with E-state index in [4.69, 9.17) is 0 Å². The summed E-state index contributed by atoms with van der Waals surface area (Å²) < 4.78 is 1.71. The Balaban J connectivity index is 2.08. The highest BCUT2D eigenvalue weighted by molar-refractivity contribution is 5.10. The lowest BCUT2D eigenvalue weighted by Gasteiger charge is -2.30. The number of aryl methyl sites for hydroxylation is 1. The van der Waals surface area contributed by atoms with Gasteiger partial charge in [0.2, 0.25) is 0 Å². The predicted molar refractivity (Wildman–Crippen MR) is 44.5 cm³/mol. The zero-order chi connectivity index (χ0) is 8.55. The molecule has 1 aliphatic rings. The highest BCUT2D eigenvalue weighted by Gasteiger charge is 2.26. The Morgan fingerprint density at radius 3 is 2.92 bits per heavy atom. The van der Waals surface area contributed by atoms with Gasteiger partial charge in [-0.15, -0.1) is 0 Å². The predicted octanol–water partition coefficient (Wildman–Crippen LogP) is -0.327. The van der Waals surface area contributed by atoms with Crippen LogP contribution < -0.4 is 5.32 Å². The molecular weight excluding hydrogens is 154 g/mol. The maximum Gasteiger partial charge on any atom is 0.0872 e. The van der Waals surface area contributed by atoms with Crippen molar-refractivity contribution in [3.05, 3.63) is 18.0 Å². The van der Waals surface area contributed by atoms with Gasteiger partial charge in [-0.05, 0) is 0 Å². The molecule has 0 bridgehead atoms. The molecule has 1 unspecified atom stereocenters. The molecule has 2 heterocycles. The lowest BCUT2D eigenvalue weighted by molar-refractivity contribution is 0.0767. The third kappa shape index (κ3) is 1.23. The van der Waals surface area contributed by atoms with Crippen molar-refractivity contribution < 1.29 is 5.11 Å². The van der Waals surface area contributed by atoms with Crippen LogP contribution in [-0.2, 0) is 7.05 Å². The highest BCUT2D eigenvalue weighted by atomic mass is 16.3. The minimum absolute atomic E-state index is 0.347. The summed E-state index contributed by atoms with van der Waals surface area (Å²) in [7, 11) is 1.86. The van der Waals surface area contributed by atoms with Crippen molar-refractivity contribution in [1.29, 1.82) is 0 Å². The molecule has 2 rings (SSSR count). The molecule has 2 N–H and O–H groups in total. The van der Waals surface area contributed by atoms with Gasteiger partial charge >= 0.3 is 0 Å². The molecule has 4 nitrogen and oxygen atoms in total. The van der Waals surface area contributed by atoms with E-state index in [1.54, 1.807) is 10.9 Å². The number of hydrogen-bond donors (Lipinski definition) is 2. The second-order valence-electron chi connectivity index (χ2n) is 3.31. The lowest BCUT2D eigenvalue weighted by Crippen LogP contribution is -2.45. The van der Waals surface area contributed by atoms with Crippen LogP contribution in [0.3, 0.4) is 0 Å². The van der Waals surface area contributed by atoms with Gasteiger partial charge in [0.1, 0.15) is 0 Å². The summed E-state index contributed by atoms with van der Waals surface area (Å²) in [6, 6.07) is 0. The van der Waals surface area contributed by atoms with Crippen molar-refractivity contribution in [2.45, 2.75) is 6.10 Å². The maximum absolute atomic E-state index is 9.76. The van der Waals surface area contributed by atoms with Crippen LogP contribution in [0.25, 0.3) is 0 Å². The zero-order valence-electron chi connectivity index (χ0n) is 7.07. The van der Waals surface area contributed by atoms with Crippen molar-refractivity contribution in [1.82, 2.24) is 15.1 Å². The second kappa shape index (κ2) is 2.88. The van der Waals surface area contributed by atoms with Crippen LogP contribution in [0.2, 0.25) is 0 Å². The quantitative estimate of drug-likeness (QED) is 0.634. The summed E-state index contributed by atoms with van der Waals surface area (Å²) in [5.74, 6) is 0.370. The summed E-state index contributed by atoms with van der Waals surface area (Å²) in [6.45, 7) is 1.83. The number of aliphatic hydroxyl groups is 1. The molecule has 1 fully saturated rings.